The minimum absolute atomic E-state index is 0.0922. The first-order valence-electron chi connectivity index (χ1n) is 12.9. The van der Waals surface area contributed by atoms with Crippen LogP contribution in [0.3, 0.4) is 0 Å². The lowest BCUT2D eigenvalue weighted by Crippen LogP contribution is -2.22. The van der Waals surface area contributed by atoms with E-state index in [1.165, 1.54) is 0 Å². The Hall–Kier alpha value is -3.18. The van der Waals surface area contributed by atoms with Crippen LogP contribution < -0.4 is 9.47 Å². The summed E-state index contributed by atoms with van der Waals surface area (Å²) in [5.41, 5.74) is 2.44. The summed E-state index contributed by atoms with van der Waals surface area (Å²) >= 11 is 1.65. The van der Waals surface area contributed by atoms with Crippen LogP contribution in [0.25, 0.3) is 10.1 Å². The molecule has 1 atom stereocenters. The van der Waals surface area contributed by atoms with E-state index in [4.69, 9.17) is 9.47 Å². The van der Waals surface area contributed by atoms with Gasteiger partial charge in [-0.25, -0.2) is 4.39 Å². The number of benzene rings is 3. The van der Waals surface area contributed by atoms with Gasteiger partial charge < -0.3 is 9.47 Å². The molecule has 0 spiro atoms. The van der Waals surface area contributed by atoms with E-state index >= 15 is 0 Å². The van der Waals surface area contributed by atoms with Crippen molar-refractivity contribution in [2.45, 2.75) is 65.8 Å². The monoisotopic (exact) mass is 518 g/mol. The van der Waals surface area contributed by atoms with Crippen LogP contribution in [0.2, 0.25) is 0 Å². The summed E-state index contributed by atoms with van der Waals surface area (Å²) in [4.78, 5) is 12.1. The maximum atomic E-state index is 14.9. The third-order valence-corrected chi connectivity index (χ3v) is 7.85. The van der Waals surface area contributed by atoms with Crippen molar-refractivity contribution in [1.82, 2.24) is 0 Å². The summed E-state index contributed by atoms with van der Waals surface area (Å²) in [6.45, 7) is 8.28. The quantitative estimate of drug-likeness (QED) is 0.188. The number of hydrogen-bond acceptors (Lipinski definition) is 4. The molecule has 3 aromatic carbocycles. The summed E-state index contributed by atoms with van der Waals surface area (Å²) < 4.78 is 28.0. The van der Waals surface area contributed by atoms with Gasteiger partial charge in [0.25, 0.3) is 0 Å². The molecule has 0 fully saturated rings. The molecule has 0 saturated heterocycles. The highest BCUT2D eigenvalue weighted by Gasteiger charge is 2.29. The maximum absolute atomic E-state index is 14.9. The molecule has 0 saturated carbocycles. The Morgan fingerprint density at radius 1 is 0.946 bits per heavy atom. The Balaban J connectivity index is 1.34. The zero-order valence-electron chi connectivity index (χ0n) is 22.1. The Morgan fingerprint density at radius 3 is 2.35 bits per heavy atom. The lowest BCUT2D eigenvalue weighted by atomic mass is 9.87. The van der Waals surface area contributed by atoms with Crippen molar-refractivity contribution in [1.29, 1.82) is 0 Å². The van der Waals surface area contributed by atoms with Gasteiger partial charge in [-0.1, -0.05) is 57.2 Å². The number of alkyl halides is 1. The van der Waals surface area contributed by atoms with Crippen molar-refractivity contribution >= 4 is 27.2 Å². The summed E-state index contributed by atoms with van der Waals surface area (Å²) in [6, 6.07) is 21.5. The average Bonchev–Trinajstić information content (AvgIpc) is 3.28. The molecule has 3 nitrogen and oxygen atoms in total. The van der Waals surface area contributed by atoms with Crippen molar-refractivity contribution in [2.24, 2.45) is 5.92 Å². The fraction of sp³-hybridized carbons (Fsp3) is 0.344. The average molecular weight is 519 g/mol. The maximum Gasteiger partial charge on any atom is 0.137 e. The smallest absolute Gasteiger partial charge is 0.137 e. The molecule has 0 N–H and O–H groups in total. The number of Topliss-reactive ketones (excluding diaryl/α,β-unsaturated/α-hetero) is 1. The number of rotatable bonds is 12. The highest BCUT2D eigenvalue weighted by molar-refractivity contribution is 7.17. The Labute approximate surface area is 223 Å². The van der Waals surface area contributed by atoms with Crippen LogP contribution in [0, 0.1) is 5.92 Å². The normalized spacial score (nSPS) is 13.0. The van der Waals surface area contributed by atoms with Crippen molar-refractivity contribution in [3.8, 4) is 11.5 Å². The van der Waals surface area contributed by atoms with Crippen LogP contribution in [-0.4, -0.2) is 5.78 Å². The highest BCUT2D eigenvalue weighted by Crippen LogP contribution is 2.34. The number of halogens is 1. The molecule has 1 aromatic heterocycles. The van der Waals surface area contributed by atoms with Crippen molar-refractivity contribution < 1.29 is 18.7 Å². The van der Waals surface area contributed by atoms with E-state index < -0.39 is 5.67 Å². The molecule has 1 heterocycles. The Kier molecular flexibility index (Phi) is 8.65. The number of carbonyl (C=O) groups is 1. The second kappa shape index (κ2) is 11.9. The summed E-state index contributed by atoms with van der Waals surface area (Å²) in [7, 11) is 0. The van der Waals surface area contributed by atoms with Crippen LogP contribution in [0.4, 0.5) is 4.39 Å². The van der Waals surface area contributed by atoms with Gasteiger partial charge in [0.15, 0.2) is 0 Å². The molecule has 5 heteroatoms. The molecule has 1 unspecified atom stereocenters. The van der Waals surface area contributed by atoms with Crippen molar-refractivity contribution in [3.63, 3.8) is 0 Å². The topological polar surface area (TPSA) is 35.5 Å². The Morgan fingerprint density at radius 2 is 1.65 bits per heavy atom. The van der Waals surface area contributed by atoms with Gasteiger partial charge in [0.2, 0.25) is 0 Å². The van der Waals surface area contributed by atoms with Gasteiger partial charge in [0, 0.05) is 17.5 Å². The van der Waals surface area contributed by atoms with Gasteiger partial charge in [-0.05, 0) is 82.6 Å². The second-order valence-corrected chi connectivity index (χ2v) is 10.9. The van der Waals surface area contributed by atoms with Crippen LogP contribution >= 0.6 is 11.3 Å². The van der Waals surface area contributed by atoms with Gasteiger partial charge in [0.05, 0.1) is 0 Å². The second-order valence-electron chi connectivity index (χ2n) is 10.0. The van der Waals surface area contributed by atoms with Gasteiger partial charge in [0.1, 0.15) is 36.2 Å². The first kappa shape index (κ1) is 26.9. The fourth-order valence-electron chi connectivity index (χ4n) is 4.19. The van der Waals surface area contributed by atoms with E-state index in [2.05, 4.69) is 5.38 Å². The first-order valence-corrected chi connectivity index (χ1v) is 13.8. The molecule has 0 aliphatic heterocycles. The zero-order valence-corrected chi connectivity index (χ0v) is 22.9. The molecule has 194 valence electrons. The number of ketones is 1. The first-order chi connectivity index (χ1) is 17.8. The summed E-state index contributed by atoms with van der Waals surface area (Å²) in [5.74, 6) is 1.76. The number of carbonyl (C=O) groups excluding carboxylic acids is 1. The number of ether oxygens (including phenoxy) is 2. The van der Waals surface area contributed by atoms with Crippen molar-refractivity contribution in [3.05, 3.63) is 94.4 Å². The lowest BCUT2D eigenvalue weighted by Gasteiger charge is -2.25. The van der Waals surface area contributed by atoms with E-state index in [0.717, 1.165) is 44.7 Å². The van der Waals surface area contributed by atoms with Crippen LogP contribution in [0.5, 0.6) is 11.5 Å². The van der Waals surface area contributed by atoms with E-state index in [9.17, 15) is 9.18 Å². The predicted molar refractivity (Wildman–Crippen MR) is 150 cm³/mol. The van der Waals surface area contributed by atoms with Crippen molar-refractivity contribution in [2.75, 3.05) is 0 Å². The largest absolute Gasteiger partial charge is 0.489 e. The van der Waals surface area contributed by atoms with E-state index in [1.54, 1.807) is 18.3 Å². The molecule has 4 aromatic rings. The SMILES string of the molecule is CCCC(=O)Cc1csc2cc(OCc3cccc(OCc4ccc(C(C)(F)C(C)C)cc4)c3)ccc12. The molecule has 0 aliphatic rings. The fourth-order valence-corrected chi connectivity index (χ4v) is 5.18. The zero-order chi connectivity index (χ0) is 26.4. The van der Waals surface area contributed by atoms with Gasteiger partial charge in [-0.2, -0.15) is 0 Å². The molecule has 0 aliphatic carbocycles. The molecular formula is C32H35FO3S. The Bertz CT molecular complexity index is 1340. The minimum Gasteiger partial charge on any atom is -0.489 e. The van der Waals surface area contributed by atoms with Gasteiger partial charge in [-0.15, -0.1) is 11.3 Å². The third-order valence-electron chi connectivity index (χ3n) is 6.86. The van der Waals surface area contributed by atoms with Gasteiger partial charge >= 0.3 is 0 Å². The van der Waals surface area contributed by atoms with E-state index in [0.29, 0.717) is 31.6 Å². The highest BCUT2D eigenvalue weighted by atomic mass is 32.1. The molecular weight excluding hydrogens is 483 g/mol. The summed E-state index contributed by atoms with van der Waals surface area (Å²) in [6.07, 6.45) is 2.01. The minimum atomic E-state index is -1.35. The van der Waals surface area contributed by atoms with Crippen LogP contribution in [-0.2, 0) is 30.1 Å². The van der Waals surface area contributed by atoms with E-state index in [1.807, 2.05) is 87.5 Å². The molecule has 0 radical (unpaired) electrons. The molecule has 0 bridgehead atoms. The van der Waals surface area contributed by atoms with E-state index in [-0.39, 0.29) is 11.7 Å². The van der Waals surface area contributed by atoms with Crippen LogP contribution in [0.15, 0.2) is 72.1 Å². The number of hydrogen-bond donors (Lipinski definition) is 0. The standard InChI is InChI=1S/C32H35FO3S/c1-5-7-27(34)17-25-21-37-31-18-29(14-15-30(25)31)36-20-24-8-6-9-28(16-24)35-19-23-10-12-26(13-11-23)32(4,33)22(2)3/h6,8-16,18,21-22H,5,7,17,19-20H2,1-4H3. The van der Waals surface area contributed by atoms with Crippen LogP contribution in [0.1, 0.15) is 62.8 Å². The lowest BCUT2D eigenvalue weighted by molar-refractivity contribution is -0.118. The molecule has 4 rings (SSSR count). The molecule has 0 amide bonds. The third kappa shape index (κ3) is 6.78. The summed E-state index contributed by atoms with van der Waals surface area (Å²) in [5, 5.41) is 3.21. The molecule has 37 heavy (non-hydrogen) atoms. The van der Waals surface area contributed by atoms with Gasteiger partial charge in [-0.3, -0.25) is 4.79 Å². The number of fused-ring (bicyclic) bond motifs is 1. The number of thiophene rings is 1. The predicted octanol–water partition coefficient (Wildman–Crippen LogP) is 8.81.